The normalized spacial score (nSPS) is 17.4. The van der Waals surface area contributed by atoms with Gasteiger partial charge in [0.15, 0.2) is 0 Å². The molecule has 28 heavy (non-hydrogen) atoms. The molecule has 0 bridgehead atoms. The van der Waals surface area contributed by atoms with E-state index >= 15 is 0 Å². The van der Waals surface area contributed by atoms with Crippen LogP contribution in [0.5, 0.6) is 5.75 Å². The number of hydrogen-bond donors (Lipinski definition) is 1. The highest BCUT2D eigenvalue weighted by atomic mass is 32.2. The molecule has 1 N–H and O–H groups in total. The van der Waals surface area contributed by atoms with E-state index in [1.807, 2.05) is 0 Å². The predicted octanol–water partition coefficient (Wildman–Crippen LogP) is 3.49. The number of carbonyl (C=O) groups is 2. The molecule has 1 fully saturated rings. The molecule has 5 nitrogen and oxygen atoms in total. The molecular formula is C19H12F2N2O3S2. The summed E-state index contributed by atoms with van der Waals surface area (Å²) in [4.78, 5) is 26.5. The number of benzene rings is 2. The Morgan fingerprint density at radius 2 is 1.96 bits per heavy atom. The Morgan fingerprint density at radius 1 is 1.21 bits per heavy atom. The average molecular weight is 418 g/mol. The number of thioether (sulfide) groups is 1. The van der Waals surface area contributed by atoms with Crippen molar-refractivity contribution in [2.45, 2.75) is 0 Å². The SMILES string of the molecule is O=C1NC(=S)S/C1=C\c1ccc2c(c1)N(C(=O)c1cc(F)cc(F)c1)CCO2. The van der Waals surface area contributed by atoms with E-state index < -0.39 is 17.5 Å². The van der Waals surface area contributed by atoms with Crippen LogP contribution in [0, 0.1) is 11.6 Å². The van der Waals surface area contributed by atoms with Gasteiger partial charge in [0, 0.05) is 11.6 Å². The van der Waals surface area contributed by atoms with Crippen LogP contribution in [-0.4, -0.2) is 29.3 Å². The minimum atomic E-state index is -0.824. The topological polar surface area (TPSA) is 58.6 Å². The minimum Gasteiger partial charge on any atom is -0.490 e. The fourth-order valence-corrected chi connectivity index (χ4v) is 3.99. The predicted molar refractivity (Wildman–Crippen MR) is 106 cm³/mol. The van der Waals surface area contributed by atoms with E-state index in [1.165, 1.54) is 4.90 Å². The van der Waals surface area contributed by atoms with Crippen LogP contribution in [0.1, 0.15) is 15.9 Å². The molecule has 2 heterocycles. The van der Waals surface area contributed by atoms with Gasteiger partial charge < -0.3 is 15.0 Å². The van der Waals surface area contributed by atoms with Crippen LogP contribution in [0.2, 0.25) is 0 Å². The van der Waals surface area contributed by atoms with Gasteiger partial charge in [-0.05, 0) is 35.9 Å². The van der Waals surface area contributed by atoms with Crippen molar-refractivity contribution >= 4 is 51.9 Å². The molecule has 0 saturated carbocycles. The molecule has 2 aliphatic rings. The van der Waals surface area contributed by atoms with Gasteiger partial charge >= 0.3 is 0 Å². The first-order valence-electron chi connectivity index (χ1n) is 8.20. The van der Waals surface area contributed by atoms with Gasteiger partial charge in [-0.3, -0.25) is 9.59 Å². The van der Waals surface area contributed by atoms with Gasteiger partial charge in [-0.25, -0.2) is 8.78 Å². The van der Waals surface area contributed by atoms with Crippen molar-refractivity contribution in [3.8, 4) is 5.75 Å². The Balaban J connectivity index is 1.70. The van der Waals surface area contributed by atoms with Crippen LogP contribution in [-0.2, 0) is 4.79 Å². The third kappa shape index (κ3) is 3.63. The Bertz CT molecular complexity index is 1040. The maximum Gasteiger partial charge on any atom is 0.263 e. The summed E-state index contributed by atoms with van der Waals surface area (Å²) >= 11 is 6.12. The number of ether oxygens (including phenoxy) is 1. The van der Waals surface area contributed by atoms with E-state index in [0.717, 1.165) is 23.9 Å². The van der Waals surface area contributed by atoms with E-state index in [2.05, 4.69) is 5.32 Å². The highest BCUT2D eigenvalue weighted by molar-refractivity contribution is 8.26. The Hall–Kier alpha value is -2.78. The standard InChI is InChI=1S/C19H12F2N2O3S2/c20-12-7-11(8-13(21)9-12)18(25)23-3-4-26-15-2-1-10(5-14(15)23)6-16-17(24)22-19(27)28-16/h1-2,5-9H,3-4H2,(H,22,24,27)/b16-6-. The number of anilines is 1. The lowest BCUT2D eigenvalue weighted by molar-refractivity contribution is -0.115. The van der Waals surface area contributed by atoms with E-state index in [4.69, 9.17) is 17.0 Å². The number of halogens is 2. The van der Waals surface area contributed by atoms with E-state index in [-0.39, 0.29) is 24.6 Å². The molecule has 0 aliphatic carbocycles. The molecular weight excluding hydrogens is 406 g/mol. The summed E-state index contributed by atoms with van der Waals surface area (Å²) in [5, 5.41) is 2.54. The van der Waals surface area contributed by atoms with Gasteiger partial charge in [-0.15, -0.1) is 0 Å². The van der Waals surface area contributed by atoms with E-state index in [1.54, 1.807) is 24.3 Å². The second-order valence-corrected chi connectivity index (χ2v) is 7.76. The first-order chi connectivity index (χ1) is 13.4. The molecule has 2 aromatic rings. The molecule has 9 heteroatoms. The maximum atomic E-state index is 13.5. The quantitative estimate of drug-likeness (QED) is 0.598. The number of hydrogen-bond acceptors (Lipinski definition) is 5. The summed E-state index contributed by atoms with van der Waals surface area (Å²) < 4.78 is 33.0. The monoisotopic (exact) mass is 418 g/mol. The first kappa shape index (κ1) is 18.6. The zero-order valence-electron chi connectivity index (χ0n) is 14.2. The Labute approximate surface area is 168 Å². The minimum absolute atomic E-state index is 0.0924. The summed E-state index contributed by atoms with van der Waals surface area (Å²) in [6.07, 6.45) is 1.65. The van der Waals surface area contributed by atoms with Gasteiger partial charge in [0.1, 0.15) is 28.3 Å². The van der Waals surface area contributed by atoms with Crippen molar-refractivity contribution in [3.63, 3.8) is 0 Å². The third-order valence-corrected chi connectivity index (χ3v) is 5.30. The summed E-state index contributed by atoms with van der Waals surface area (Å²) in [5.41, 5.74) is 1.03. The van der Waals surface area contributed by atoms with Crippen molar-refractivity contribution < 1.29 is 23.1 Å². The number of fused-ring (bicyclic) bond motifs is 1. The number of amides is 2. The van der Waals surface area contributed by atoms with Crippen LogP contribution >= 0.6 is 24.0 Å². The molecule has 0 radical (unpaired) electrons. The van der Waals surface area contributed by atoms with Crippen molar-refractivity contribution in [1.29, 1.82) is 0 Å². The lowest BCUT2D eigenvalue weighted by Crippen LogP contribution is -2.38. The first-order valence-corrected chi connectivity index (χ1v) is 9.43. The zero-order valence-corrected chi connectivity index (χ0v) is 15.8. The third-order valence-electron chi connectivity index (χ3n) is 4.14. The smallest absolute Gasteiger partial charge is 0.263 e. The van der Waals surface area contributed by atoms with Crippen LogP contribution in [0.15, 0.2) is 41.3 Å². The highest BCUT2D eigenvalue weighted by Gasteiger charge is 2.27. The van der Waals surface area contributed by atoms with Crippen molar-refractivity contribution in [2.24, 2.45) is 0 Å². The Morgan fingerprint density at radius 3 is 2.64 bits per heavy atom. The zero-order chi connectivity index (χ0) is 19.8. The maximum absolute atomic E-state index is 13.5. The van der Waals surface area contributed by atoms with Crippen molar-refractivity contribution in [3.05, 3.63) is 64.1 Å². The Kier molecular flexibility index (Phi) is 4.86. The number of nitrogens with one attached hydrogen (secondary N) is 1. The second-order valence-electron chi connectivity index (χ2n) is 6.04. The van der Waals surface area contributed by atoms with Crippen molar-refractivity contribution in [1.82, 2.24) is 5.32 Å². The van der Waals surface area contributed by atoms with Gasteiger partial charge in [0.25, 0.3) is 11.8 Å². The number of nitrogens with zero attached hydrogens (tertiary/aromatic N) is 1. The molecule has 142 valence electrons. The van der Waals surface area contributed by atoms with Gasteiger partial charge in [-0.1, -0.05) is 30.0 Å². The molecule has 0 atom stereocenters. The number of thiocarbonyl (C=S) groups is 1. The number of rotatable bonds is 2. The second kappa shape index (κ2) is 7.33. The molecule has 0 aromatic heterocycles. The lowest BCUT2D eigenvalue weighted by atomic mass is 10.1. The van der Waals surface area contributed by atoms with Crippen LogP contribution < -0.4 is 15.0 Å². The summed E-state index contributed by atoms with van der Waals surface area (Å²) in [7, 11) is 0. The summed E-state index contributed by atoms with van der Waals surface area (Å²) in [5.74, 6) is -2.00. The fraction of sp³-hybridized carbons (Fsp3) is 0.105. The van der Waals surface area contributed by atoms with Crippen LogP contribution in [0.4, 0.5) is 14.5 Å². The van der Waals surface area contributed by atoms with Gasteiger partial charge in [-0.2, -0.15) is 0 Å². The molecule has 2 aromatic carbocycles. The summed E-state index contributed by atoms with van der Waals surface area (Å²) in [6, 6.07) is 7.81. The van der Waals surface area contributed by atoms with Gasteiger partial charge in [0.05, 0.1) is 17.1 Å². The van der Waals surface area contributed by atoms with Crippen LogP contribution in [0.3, 0.4) is 0 Å². The van der Waals surface area contributed by atoms with E-state index in [0.29, 0.717) is 32.3 Å². The largest absolute Gasteiger partial charge is 0.490 e. The molecule has 0 spiro atoms. The van der Waals surface area contributed by atoms with Gasteiger partial charge in [0.2, 0.25) is 0 Å². The molecule has 4 rings (SSSR count). The fourth-order valence-electron chi connectivity index (χ4n) is 2.94. The molecule has 2 aliphatic heterocycles. The highest BCUT2D eigenvalue weighted by Crippen LogP contribution is 2.35. The van der Waals surface area contributed by atoms with Crippen LogP contribution in [0.25, 0.3) is 6.08 Å². The molecule has 1 saturated heterocycles. The lowest BCUT2D eigenvalue weighted by Gasteiger charge is -2.30. The molecule has 2 amide bonds. The van der Waals surface area contributed by atoms with E-state index in [9.17, 15) is 18.4 Å². The van der Waals surface area contributed by atoms with Crippen molar-refractivity contribution in [2.75, 3.05) is 18.1 Å². The summed E-state index contributed by atoms with van der Waals surface area (Å²) in [6.45, 7) is 0.479. The number of carbonyl (C=O) groups excluding carboxylic acids is 2. The molecule has 0 unspecified atom stereocenters. The average Bonchev–Trinajstić information content (AvgIpc) is 2.96.